The molecule has 0 bridgehead atoms. The van der Waals surface area contributed by atoms with Crippen molar-refractivity contribution in [3.05, 3.63) is 48.7 Å². The van der Waals surface area contributed by atoms with Crippen molar-refractivity contribution < 1.29 is 9.28 Å². The number of carbonyl (C=O) groups is 1. The molecule has 0 N–H and O–H groups in total. The van der Waals surface area contributed by atoms with E-state index in [0.29, 0.717) is 6.54 Å². The minimum absolute atomic E-state index is 0.226. The highest BCUT2D eigenvalue weighted by molar-refractivity contribution is 5.67. The van der Waals surface area contributed by atoms with E-state index in [2.05, 4.69) is 6.58 Å². The molecular formula is C12H13N2O+. The van der Waals surface area contributed by atoms with Gasteiger partial charge in [0.2, 0.25) is 0 Å². The molecule has 1 aromatic carbocycles. The Hall–Kier alpha value is -1.92. The average molecular weight is 201 g/mol. The maximum Gasteiger partial charge on any atom is 0.330 e. The standard InChI is InChI=1S/C12H13N2O/c1-3-14(10-13,11(2)15)9-12-7-5-4-6-8-12/h3-8H,1,9H2,2H3/q+1. The summed E-state index contributed by atoms with van der Waals surface area (Å²) in [7, 11) is 0. The summed E-state index contributed by atoms with van der Waals surface area (Å²) in [5, 5.41) is 9.04. The van der Waals surface area contributed by atoms with E-state index in [-0.39, 0.29) is 10.4 Å². The topological polar surface area (TPSA) is 40.9 Å². The van der Waals surface area contributed by atoms with Crippen LogP contribution in [0.4, 0.5) is 0 Å². The Kier molecular flexibility index (Phi) is 3.37. The minimum atomic E-state index is -0.385. The van der Waals surface area contributed by atoms with Crippen LogP contribution in [0.1, 0.15) is 12.5 Å². The second-order valence-electron chi connectivity index (χ2n) is 3.31. The van der Waals surface area contributed by atoms with E-state index in [1.54, 1.807) is 0 Å². The number of nitriles is 1. The van der Waals surface area contributed by atoms with Gasteiger partial charge in [-0.2, -0.15) is 0 Å². The molecule has 1 amide bonds. The molecule has 1 aromatic rings. The van der Waals surface area contributed by atoms with Crippen LogP contribution in [0.2, 0.25) is 0 Å². The van der Waals surface area contributed by atoms with Crippen molar-refractivity contribution in [1.82, 2.24) is 0 Å². The van der Waals surface area contributed by atoms with E-state index in [9.17, 15) is 4.79 Å². The molecule has 0 aliphatic rings. The third kappa shape index (κ3) is 2.30. The highest BCUT2D eigenvalue weighted by atomic mass is 16.2. The van der Waals surface area contributed by atoms with Gasteiger partial charge in [0, 0.05) is 5.56 Å². The third-order valence-electron chi connectivity index (χ3n) is 2.33. The first-order valence-electron chi connectivity index (χ1n) is 4.62. The summed E-state index contributed by atoms with van der Waals surface area (Å²) in [6.45, 7) is 5.28. The average Bonchev–Trinajstić information content (AvgIpc) is 2.27. The van der Waals surface area contributed by atoms with Crippen molar-refractivity contribution in [2.75, 3.05) is 0 Å². The molecule has 0 heterocycles. The summed E-state index contributed by atoms with van der Waals surface area (Å²) in [4.78, 5) is 11.4. The van der Waals surface area contributed by atoms with Gasteiger partial charge in [-0.1, -0.05) is 30.3 Å². The zero-order valence-electron chi connectivity index (χ0n) is 8.68. The molecule has 0 saturated heterocycles. The van der Waals surface area contributed by atoms with E-state index in [1.807, 2.05) is 36.5 Å². The Morgan fingerprint density at radius 3 is 2.53 bits per heavy atom. The molecule has 0 aliphatic carbocycles. The van der Waals surface area contributed by atoms with Crippen LogP contribution < -0.4 is 0 Å². The second kappa shape index (κ2) is 4.54. The zero-order valence-corrected chi connectivity index (χ0v) is 8.68. The maximum absolute atomic E-state index is 11.4. The van der Waals surface area contributed by atoms with Crippen LogP contribution in [0.3, 0.4) is 0 Å². The first kappa shape index (κ1) is 11.2. The predicted octanol–water partition coefficient (Wildman–Crippen LogP) is 2.17. The van der Waals surface area contributed by atoms with E-state index in [4.69, 9.17) is 5.26 Å². The summed E-state index contributed by atoms with van der Waals surface area (Å²) >= 11 is 0. The molecular weight excluding hydrogens is 188 g/mol. The molecule has 1 atom stereocenters. The molecule has 3 heteroatoms. The number of hydrogen-bond acceptors (Lipinski definition) is 2. The Labute approximate surface area is 89.5 Å². The molecule has 0 radical (unpaired) electrons. The normalized spacial score (nSPS) is 13.6. The smallest absolute Gasteiger partial charge is 0.229 e. The number of carbonyl (C=O) groups excluding carboxylic acids is 1. The molecule has 76 valence electrons. The molecule has 1 unspecified atom stereocenters. The second-order valence-corrected chi connectivity index (χ2v) is 3.31. The molecule has 15 heavy (non-hydrogen) atoms. The van der Waals surface area contributed by atoms with E-state index >= 15 is 0 Å². The van der Waals surface area contributed by atoms with Crippen LogP contribution in [-0.2, 0) is 11.3 Å². The fraction of sp³-hybridized carbons (Fsp3) is 0.167. The van der Waals surface area contributed by atoms with Crippen molar-refractivity contribution in [2.24, 2.45) is 0 Å². The van der Waals surface area contributed by atoms with Gasteiger partial charge in [-0.15, -0.1) is 9.74 Å². The monoisotopic (exact) mass is 201 g/mol. The lowest BCUT2D eigenvalue weighted by Gasteiger charge is -2.20. The molecule has 1 rings (SSSR count). The lowest BCUT2D eigenvalue weighted by atomic mass is 10.2. The van der Waals surface area contributed by atoms with Crippen LogP contribution in [0.5, 0.6) is 0 Å². The van der Waals surface area contributed by atoms with Crippen molar-refractivity contribution in [3.63, 3.8) is 0 Å². The summed E-state index contributed by atoms with van der Waals surface area (Å²) < 4.78 is -0.385. The highest BCUT2D eigenvalue weighted by Gasteiger charge is 2.31. The van der Waals surface area contributed by atoms with Gasteiger partial charge in [0.1, 0.15) is 12.7 Å². The summed E-state index contributed by atoms with van der Waals surface area (Å²) in [6, 6.07) is 9.43. The molecule has 3 nitrogen and oxygen atoms in total. The van der Waals surface area contributed by atoms with Crippen molar-refractivity contribution >= 4 is 5.91 Å². The van der Waals surface area contributed by atoms with Gasteiger partial charge in [0.05, 0.1) is 6.92 Å². The lowest BCUT2D eigenvalue weighted by molar-refractivity contribution is -0.747. The quantitative estimate of drug-likeness (QED) is 0.555. The van der Waals surface area contributed by atoms with Crippen LogP contribution in [0.15, 0.2) is 43.1 Å². The number of quaternary nitrogens is 1. The van der Waals surface area contributed by atoms with E-state index in [0.717, 1.165) is 5.56 Å². The number of amides is 1. The van der Waals surface area contributed by atoms with Crippen LogP contribution in [0.25, 0.3) is 0 Å². The fourth-order valence-electron chi connectivity index (χ4n) is 1.32. The van der Waals surface area contributed by atoms with Gasteiger partial charge < -0.3 is 0 Å². The van der Waals surface area contributed by atoms with Gasteiger partial charge in [0.25, 0.3) is 0 Å². The summed E-state index contributed by atoms with van der Waals surface area (Å²) in [6.07, 6.45) is 3.35. The Morgan fingerprint density at radius 1 is 1.53 bits per heavy atom. The van der Waals surface area contributed by atoms with Crippen molar-refractivity contribution in [2.45, 2.75) is 13.5 Å². The fourth-order valence-corrected chi connectivity index (χ4v) is 1.32. The number of rotatable bonds is 3. The highest BCUT2D eigenvalue weighted by Crippen LogP contribution is 2.14. The summed E-state index contributed by atoms with van der Waals surface area (Å²) in [5.41, 5.74) is 0.939. The van der Waals surface area contributed by atoms with Gasteiger partial charge in [0.15, 0.2) is 0 Å². The van der Waals surface area contributed by atoms with Gasteiger partial charge in [-0.05, 0) is 6.58 Å². The number of nitrogens with zero attached hydrogens (tertiary/aromatic N) is 2. The van der Waals surface area contributed by atoms with E-state index in [1.165, 1.54) is 13.1 Å². The van der Waals surface area contributed by atoms with Gasteiger partial charge in [-0.25, -0.2) is 4.79 Å². The van der Waals surface area contributed by atoms with Crippen molar-refractivity contribution in [3.8, 4) is 6.19 Å². The zero-order chi connectivity index (χ0) is 11.3. The Balaban J connectivity index is 3.01. The lowest BCUT2D eigenvalue weighted by Crippen LogP contribution is -2.40. The SMILES string of the molecule is C=C[N+](C#N)(Cc1ccccc1)C(C)=O. The number of hydrogen-bond donors (Lipinski definition) is 0. The maximum atomic E-state index is 11.4. The molecule has 0 aromatic heterocycles. The first-order valence-corrected chi connectivity index (χ1v) is 4.62. The first-order chi connectivity index (χ1) is 7.14. The van der Waals surface area contributed by atoms with E-state index < -0.39 is 0 Å². The minimum Gasteiger partial charge on any atom is -0.229 e. The van der Waals surface area contributed by atoms with Crippen molar-refractivity contribution in [1.29, 1.82) is 5.26 Å². The Morgan fingerprint density at radius 2 is 2.13 bits per heavy atom. The molecule has 0 fully saturated rings. The third-order valence-corrected chi connectivity index (χ3v) is 2.33. The van der Waals surface area contributed by atoms with Crippen LogP contribution >= 0.6 is 0 Å². The largest absolute Gasteiger partial charge is 0.330 e. The Bertz CT molecular complexity index is 405. The van der Waals surface area contributed by atoms with Gasteiger partial charge >= 0.3 is 12.1 Å². The molecule has 0 aliphatic heterocycles. The molecule has 0 saturated carbocycles. The summed E-state index contributed by atoms with van der Waals surface area (Å²) in [5.74, 6) is -0.226. The number of benzene rings is 1. The molecule has 0 spiro atoms. The van der Waals surface area contributed by atoms with Crippen LogP contribution in [0, 0.1) is 11.5 Å². The van der Waals surface area contributed by atoms with Crippen LogP contribution in [-0.4, -0.2) is 10.4 Å². The van der Waals surface area contributed by atoms with Gasteiger partial charge in [-0.3, -0.25) is 0 Å². The predicted molar refractivity (Wildman–Crippen MR) is 56.9 cm³/mol.